The van der Waals surface area contributed by atoms with E-state index < -0.39 is 6.04 Å². The van der Waals surface area contributed by atoms with Crippen molar-refractivity contribution in [3.05, 3.63) is 58.1 Å². The van der Waals surface area contributed by atoms with Gasteiger partial charge >= 0.3 is 0 Å². The molecule has 0 saturated carbocycles. The van der Waals surface area contributed by atoms with Gasteiger partial charge in [-0.15, -0.1) is 0 Å². The van der Waals surface area contributed by atoms with E-state index in [4.69, 9.17) is 16.3 Å². The van der Waals surface area contributed by atoms with Crippen LogP contribution in [-0.2, 0) is 9.59 Å². The van der Waals surface area contributed by atoms with E-state index in [1.807, 2.05) is 32.0 Å². The number of nitrogens with zero attached hydrogens (tertiary/aromatic N) is 1. The first-order valence-corrected chi connectivity index (χ1v) is 9.32. The lowest BCUT2D eigenvalue weighted by Gasteiger charge is -2.20. The molecule has 1 atom stereocenters. The summed E-state index contributed by atoms with van der Waals surface area (Å²) in [5.74, 6) is 0.433. The third-order valence-electron chi connectivity index (χ3n) is 4.52. The molecule has 1 aliphatic heterocycles. The fraction of sp³-hybridized carbons (Fsp3) is 0.333. The Bertz CT molecular complexity index is 864. The molecule has 6 heteroatoms. The molecule has 0 spiro atoms. The second-order valence-electron chi connectivity index (χ2n) is 6.80. The van der Waals surface area contributed by atoms with Crippen molar-refractivity contribution in [2.75, 3.05) is 18.1 Å². The van der Waals surface area contributed by atoms with E-state index in [1.54, 1.807) is 17.0 Å². The van der Waals surface area contributed by atoms with Crippen LogP contribution in [0.15, 0.2) is 36.4 Å². The van der Waals surface area contributed by atoms with Gasteiger partial charge in [0.25, 0.3) is 5.91 Å². The number of benzene rings is 2. The number of aryl methyl sites for hydroxylation is 2. The third kappa shape index (κ3) is 4.25. The van der Waals surface area contributed by atoms with Gasteiger partial charge in [-0.05, 0) is 50.1 Å². The molecule has 2 amide bonds. The van der Waals surface area contributed by atoms with Crippen LogP contribution >= 0.6 is 11.6 Å². The largest absolute Gasteiger partial charge is 0.494 e. The highest BCUT2D eigenvalue weighted by Crippen LogP contribution is 2.39. The standard InChI is InChI=1S/C21H23ClN2O3/c1-13-11-14(2)20-18(12-13)19(23-15(3)25)21(26)24(20)9-4-10-27-17-7-5-16(22)6-8-17/h5-8,11-12,19H,4,9-10H2,1-3H3,(H,23,25). The van der Waals surface area contributed by atoms with Crippen molar-refractivity contribution in [1.82, 2.24) is 5.32 Å². The van der Waals surface area contributed by atoms with E-state index in [9.17, 15) is 9.59 Å². The molecule has 3 rings (SSSR count). The third-order valence-corrected chi connectivity index (χ3v) is 4.78. The molecule has 0 aromatic heterocycles. The van der Waals surface area contributed by atoms with E-state index in [1.165, 1.54) is 6.92 Å². The summed E-state index contributed by atoms with van der Waals surface area (Å²) in [5.41, 5.74) is 3.87. The topological polar surface area (TPSA) is 58.6 Å². The Labute approximate surface area is 164 Å². The first-order chi connectivity index (χ1) is 12.9. The summed E-state index contributed by atoms with van der Waals surface area (Å²) in [5, 5.41) is 3.44. The lowest BCUT2D eigenvalue weighted by molar-refractivity contribution is -0.126. The van der Waals surface area contributed by atoms with Crippen molar-refractivity contribution in [3.8, 4) is 5.75 Å². The van der Waals surface area contributed by atoms with Crippen LogP contribution in [0, 0.1) is 13.8 Å². The number of amides is 2. The molecular weight excluding hydrogens is 364 g/mol. The zero-order valence-corrected chi connectivity index (χ0v) is 16.5. The van der Waals surface area contributed by atoms with Crippen LogP contribution in [-0.4, -0.2) is 25.0 Å². The van der Waals surface area contributed by atoms with Crippen molar-refractivity contribution in [3.63, 3.8) is 0 Å². The molecule has 27 heavy (non-hydrogen) atoms. The summed E-state index contributed by atoms with van der Waals surface area (Å²) in [6.07, 6.45) is 0.675. The SMILES string of the molecule is CC(=O)NC1C(=O)N(CCCOc2ccc(Cl)cc2)c2c(C)cc(C)cc21. The first-order valence-electron chi connectivity index (χ1n) is 8.95. The molecule has 142 valence electrons. The molecule has 5 nitrogen and oxygen atoms in total. The smallest absolute Gasteiger partial charge is 0.254 e. The number of anilines is 1. The molecule has 1 N–H and O–H groups in total. The maximum atomic E-state index is 12.9. The number of carbonyl (C=O) groups is 2. The lowest BCUT2D eigenvalue weighted by atomic mass is 10.0. The number of halogens is 1. The monoisotopic (exact) mass is 386 g/mol. The zero-order valence-electron chi connectivity index (χ0n) is 15.7. The number of rotatable bonds is 6. The maximum absolute atomic E-state index is 12.9. The Morgan fingerprint density at radius 3 is 2.59 bits per heavy atom. The Balaban J connectivity index is 1.71. The Morgan fingerprint density at radius 2 is 1.93 bits per heavy atom. The van der Waals surface area contributed by atoms with E-state index in [2.05, 4.69) is 11.4 Å². The molecule has 0 aliphatic carbocycles. The fourth-order valence-electron chi connectivity index (χ4n) is 3.49. The average molecular weight is 387 g/mol. The molecule has 2 aromatic carbocycles. The van der Waals surface area contributed by atoms with Crippen LogP contribution in [0.25, 0.3) is 0 Å². The van der Waals surface area contributed by atoms with Crippen molar-refractivity contribution in [2.45, 2.75) is 33.2 Å². The maximum Gasteiger partial charge on any atom is 0.254 e. The second kappa shape index (κ2) is 8.01. The molecule has 0 bridgehead atoms. The van der Waals surface area contributed by atoms with Crippen molar-refractivity contribution >= 4 is 29.1 Å². The summed E-state index contributed by atoms with van der Waals surface area (Å²) >= 11 is 5.87. The van der Waals surface area contributed by atoms with Crippen LogP contribution in [0.4, 0.5) is 5.69 Å². The Morgan fingerprint density at radius 1 is 1.22 bits per heavy atom. The lowest BCUT2D eigenvalue weighted by Crippen LogP contribution is -2.37. The first kappa shape index (κ1) is 19.2. The number of hydrogen-bond acceptors (Lipinski definition) is 3. The molecule has 0 saturated heterocycles. The summed E-state index contributed by atoms with van der Waals surface area (Å²) in [6.45, 7) is 6.42. The average Bonchev–Trinajstić information content (AvgIpc) is 2.85. The Hall–Kier alpha value is -2.53. The van der Waals surface area contributed by atoms with Crippen LogP contribution in [0.3, 0.4) is 0 Å². The number of hydrogen-bond donors (Lipinski definition) is 1. The van der Waals surface area contributed by atoms with Gasteiger partial charge in [-0.1, -0.05) is 29.3 Å². The fourth-order valence-corrected chi connectivity index (χ4v) is 3.61. The highest BCUT2D eigenvalue weighted by Gasteiger charge is 2.38. The van der Waals surface area contributed by atoms with Gasteiger partial charge in [0.1, 0.15) is 11.8 Å². The number of carbonyl (C=O) groups excluding carboxylic acids is 2. The van der Waals surface area contributed by atoms with Crippen LogP contribution in [0.2, 0.25) is 5.02 Å². The van der Waals surface area contributed by atoms with Gasteiger partial charge in [-0.3, -0.25) is 9.59 Å². The van der Waals surface area contributed by atoms with Gasteiger partial charge in [-0.2, -0.15) is 0 Å². The van der Waals surface area contributed by atoms with E-state index in [0.717, 1.165) is 28.1 Å². The van der Waals surface area contributed by atoms with E-state index in [0.29, 0.717) is 24.6 Å². The van der Waals surface area contributed by atoms with Gasteiger partial charge in [0.05, 0.1) is 12.3 Å². The van der Waals surface area contributed by atoms with Crippen LogP contribution in [0.5, 0.6) is 5.75 Å². The van der Waals surface area contributed by atoms with Crippen molar-refractivity contribution < 1.29 is 14.3 Å². The zero-order chi connectivity index (χ0) is 19.6. The van der Waals surface area contributed by atoms with Gasteiger partial charge in [0.2, 0.25) is 5.91 Å². The second-order valence-corrected chi connectivity index (χ2v) is 7.24. The molecule has 1 aliphatic rings. The van der Waals surface area contributed by atoms with Gasteiger partial charge < -0.3 is 15.0 Å². The summed E-state index contributed by atoms with van der Waals surface area (Å²) in [4.78, 5) is 26.2. The number of fused-ring (bicyclic) bond motifs is 1. The quantitative estimate of drug-likeness (QED) is 0.765. The van der Waals surface area contributed by atoms with Gasteiger partial charge in [-0.25, -0.2) is 0 Å². The van der Waals surface area contributed by atoms with Crippen LogP contribution < -0.4 is 15.0 Å². The molecular formula is C21H23ClN2O3. The predicted molar refractivity (Wildman–Crippen MR) is 106 cm³/mol. The normalized spacial score (nSPS) is 15.6. The highest BCUT2D eigenvalue weighted by molar-refractivity contribution is 6.30. The molecule has 0 radical (unpaired) electrons. The van der Waals surface area contributed by atoms with Crippen molar-refractivity contribution in [2.24, 2.45) is 0 Å². The minimum atomic E-state index is -0.617. The van der Waals surface area contributed by atoms with Crippen molar-refractivity contribution in [1.29, 1.82) is 0 Å². The Kier molecular flexibility index (Phi) is 5.71. The van der Waals surface area contributed by atoms with Gasteiger partial charge in [0, 0.05) is 24.1 Å². The number of nitrogens with one attached hydrogen (secondary N) is 1. The minimum Gasteiger partial charge on any atom is -0.494 e. The van der Waals surface area contributed by atoms with E-state index in [-0.39, 0.29) is 11.8 Å². The molecule has 0 fully saturated rings. The predicted octanol–water partition coefficient (Wildman–Crippen LogP) is 3.95. The highest BCUT2D eigenvalue weighted by atomic mass is 35.5. The molecule has 2 aromatic rings. The molecule has 1 heterocycles. The van der Waals surface area contributed by atoms with Gasteiger partial charge in [0.15, 0.2) is 0 Å². The summed E-state index contributed by atoms with van der Waals surface area (Å²) < 4.78 is 5.72. The van der Waals surface area contributed by atoms with E-state index >= 15 is 0 Å². The summed E-state index contributed by atoms with van der Waals surface area (Å²) in [7, 11) is 0. The number of ether oxygens (including phenoxy) is 1. The molecule has 1 unspecified atom stereocenters. The minimum absolute atomic E-state index is 0.0969. The van der Waals surface area contributed by atoms with Crippen LogP contribution in [0.1, 0.15) is 36.1 Å². The summed E-state index contributed by atoms with van der Waals surface area (Å²) in [6, 6.07) is 10.6.